The second-order valence-corrected chi connectivity index (χ2v) is 7.30. The molecule has 1 heterocycles. The van der Waals surface area contributed by atoms with Crippen molar-refractivity contribution in [2.45, 2.75) is 52.3 Å². The second-order valence-electron chi connectivity index (χ2n) is 6.36. The predicted octanol–water partition coefficient (Wildman–Crippen LogP) is 1.94. The third-order valence-electron chi connectivity index (χ3n) is 4.78. The molecule has 118 valence electrons. The van der Waals surface area contributed by atoms with E-state index in [4.69, 9.17) is 10.5 Å². The zero-order valence-electron chi connectivity index (χ0n) is 13.5. The summed E-state index contributed by atoms with van der Waals surface area (Å²) in [6, 6.07) is 0. The first-order valence-corrected chi connectivity index (χ1v) is 8.17. The van der Waals surface area contributed by atoms with E-state index in [0.717, 1.165) is 10.6 Å². The maximum absolute atomic E-state index is 12.8. The van der Waals surface area contributed by atoms with Gasteiger partial charge in [0.2, 0.25) is 5.91 Å². The SMILES string of the molecule is CCOC1CC(N)(C(=O)N(C)Cc2scnc2C)C1(C)C. The molecule has 0 saturated heterocycles. The molecule has 0 aromatic carbocycles. The van der Waals surface area contributed by atoms with E-state index in [1.54, 1.807) is 28.8 Å². The molecule has 0 bridgehead atoms. The largest absolute Gasteiger partial charge is 0.378 e. The average Bonchev–Trinajstić information content (AvgIpc) is 2.82. The molecule has 2 unspecified atom stereocenters. The monoisotopic (exact) mass is 311 g/mol. The van der Waals surface area contributed by atoms with Crippen LogP contribution in [0.3, 0.4) is 0 Å². The molecule has 6 heteroatoms. The van der Waals surface area contributed by atoms with Crippen LogP contribution in [0.25, 0.3) is 0 Å². The molecule has 1 aliphatic carbocycles. The summed E-state index contributed by atoms with van der Waals surface area (Å²) in [5, 5.41) is 0. The third kappa shape index (κ3) is 2.60. The van der Waals surface area contributed by atoms with Crippen molar-refractivity contribution in [1.29, 1.82) is 0 Å². The maximum atomic E-state index is 12.8. The Kier molecular flexibility index (Phi) is 4.42. The molecule has 1 amide bonds. The highest BCUT2D eigenvalue weighted by molar-refractivity contribution is 7.09. The minimum absolute atomic E-state index is 0.0174. The van der Waals surface area contributed by atoms with E-state index in [2.05, 4.69) is 4.98 Å². The number of aryl methyl sites for hydroxylation is 1. The fourth-order valence-corrected chi connectivity index (χ4v) is 3.73. The molecule has 1 aromatic rings. The summed E-state index contributed by atoms with van der Waals surface area (Å²) in [5.41, 5.74) is 8.01. The van der Waals surface area contributed by atoms with Crippen molar-refractivity contribution in [3.8, 4) is 0 Å². The molecule has 0 spiro atoms. The van der Waals surface area contributed by atoms with E-state index >= 15 is 0 Å². The minimum Gasteiger partial charge on any atom is -0.378 e. The standard InChI is InChI=1S/C15H25N3O2S/c1-6-20-12-7-15(16,14(12,3)4)13(19)18(5)8-11-10(2)17-9-21-11/h9,12H,6-8,16H2,1-5H3. The number of hydrogen-bond donors (Lipinski definition) is 1. The van der Waals surface area contributed by atoms with Crippen molar-refractivity contribution < 1.29 is 9.53 Å². The van der Waals surface area contributed by atoms with Crippen molar-refractivity contribution in [3.63, 3.8) is 0 Å². The molecule has 2 rings (SSSR count). The zero-order chi connectivity index (χ0) is 15.8. The number of nitrogens with two attached hydrogens (primary N) is 1. The summed E-state index contributed by atoms with van der Waals surface area (Å²) in [6.07, 6.45) is 0.633. The maximum Gasteiger partial charge on any atom is 0.243 e. The number of rotatable bonds is 5. The molecular formula is C15H25N3O2S. The van der Waals surface area contributed by atoms with Crippen molar-refractivity contribution in [1.82, 2.24) is 9.88 Å². The lowest BCUT2D eigenvalue weighted by Crippen LogP contribution is -2.75. The topological polar surface area (TPSA) is 68.5 Å². The van der Waals surface area contributed by atoms with Gasteiger partial charge in [-0.1, -0.05) is 13.8 Å². The van der Waals surface area contributed by atoms with Gasteiger partial charge in [-0.2, -0.15) is 0 Å². The molecule has 2 atom stereocenters. The van der Waals surface area contributed by atoms with E-state index in [0.29, 0.717) is 19.6 Å². The van der Waals surface area contributed by atoms with Gasteiger partial charge in [-0.3, -0.25) is 4.79 Å². The number of hydrogen-bond acceptors (Lipinski definition) is 5. The highest BCUT2D eigenvalue weighted by atomic mass is 32.1. The molecule has 0 radical (unpaired) electrons. The molecule has 0 aliphatic heterocycles. The van der Waals surface area contributed by atoms with Gasteiger partial charge in [0.15, 0.2) is 0 Å². The van der Waals surface area contributed by atoms with Gasteiger partial charge >= 0.3 is 0 Å². The summed E-state index contributed by atoms with van der Waals surface area (Å²) in [6.45, 7) is 9.16. The van der Waals surface area contributed by atoms with Gasteiger partial charge in [-0.25, -0.2) is 4.98 Å². The number of aromatic nitrogens is 1. The molecule has 2 N–H and O–H groups in total. The lowest BCUT2D eigenvalue weighted by molar-refractivity contribution is -0.178. The number of carbonyl (C=O) groups excluding carboxylic acids is 1. The number of thiazole rings is 1. The van der Waals surface area contributed by atoms with Crippen LogP contribution in [0.5, 0.6) is 0 Å². The van der Waals surface area contributed by atoms with E-state index in [1.807, 2.05) is 27.7 Å². The lowest BCUT2D eigenvalue weighted by Gasteiger charge is -2.58. The van der Waals surface area contributed by atoms with Gasteiger partial charge in [0, 0.05) is 30.4 Å². The predicted molar refractivity (Wildman–Crippen MR) is 84.1 cm³/mol. The zero-order valence-corrected chi connectivity index (χ0v) is 14.3. The Bertz CT molecular complexity index is 529. The molecule has 1 aromatic heterocycles. The Hall–Kier alpha value is -0.980. The number of likely N-dealkylation sites (N-methyl/N-ethyl adjacent to an activating group) is 1. The van der Waals surface area contributed by atoms with Gasteiger partial charge in [0.25, 0.3) is 0 Å². The average molecular weight is 311 g/mol. The van der Waals surface area contributed by atoms with Gasteiger partial charge in [0.1, 0.15) is 5.54 Å². The second kappa shape index (κ2) is 5.66. The van der Waals surface area contributed by atoms with Crippen LogP contribution in [0, 0.1) is 12.3 Å². The summed E-state index contributed by atoms with van der Waals surface area (Å²) < 4.78 is 5.68. The summed E-state index contributed by atoms with van der Waals surface area (Å²) in [5.74, 6) is -0.0174. The molecule has 1 fully saturated rings. The summed E-state index contributed by atoms with van der Waals surface area (Å²) in [4.78, 5) is 19.8. The van der Waals surface area contributed by atoms with Crippen LogP contribution in [0.2, 0.25) is 0 Å². The van der Waals surface area contributed by atoms with Crippen molar-refractivity contribution in [3.05, 3.63) is 16.1 Å². The van der Waals surface area contributed by atoms with E-state index in [9.17, 15) is 4.79 Å². The third-order valence-corrected chi connectivity index (χ3v) is 5.70. The fourth-order valence-electron chi connectivity index (χ4n) is 2.90. The highest BCUT2D eigenvalue weighted by Crippen LogP contribution is 2.50. The smallest absolute Gasteiger partial charge is 0.243 e. The van der Waals surface area contributed by atoms with Crippen LogP contribution in [0.4, 0.5) is 0 Å². The molecular weight excluding hydrogens is 286 g/mol. The Morgan fingerprint density at radius 3 is 2.76 bits per heavy atom. The highest BCUT2D eigenvalue weighted by Gasteiger charge is 2.63. The number of carbonyl (C=O) groups is 1. The quantitative estimate of drug-likeness (QED) is 0.902. The first-order valence-electron chi connectivity index (χ1n) is 7.29. The summed E-state index contributed by atoms with van der Waals surface area (Å²) in [7, 11) is 1.81. The van der Waals surface area contributed by atoms with Crippen molar-refractivity contribution in [2.75, 3.05) is 13.7 Å². The van der Waals surface area contributed by atoms with Crippen LogP contribution in [0.1, 0.15) is 37.8 Å². The van der Waals surface area contributed by atoms with Crippen LogP contribution in [-0.2, 0) is 16.1 Å². The Labute approximate surface area is 130 Å². The Morgan fingerprint density at radius 1 is 1.62 bits per heavy atom. The van der Waals surface area contributed by atoms with Gasteiger partial charge < -0.3 is 15.4 Å². The van der Waals surface area contributed by atoms with E-state index in [-0.39, 0.29) is 17.4 Å². The first kappa shape index (κ1) is 16.4. The minimum atomic E-state index is -0.847. The van der Waals surface area contributed by atoms with Gasteiger partial charge in [0.05, 0.1) is 23.9 Å². The van der Waals surface area contributed by atoms with Crippen molar-refractivity contribution >= 4 is 17.2 Å². The number of ether oxygens (including phenoxy) is 1. The number of nitrogens with zero attached hydrogens (tertiary/aromatic N) is 2. The van der Waals surface area contributed by atoms with Crippen LogP contribution < -0.4 is 5.73 Å². The fraction of sp³-hybridized carbons (Fsp3) is 0.733. The van der Waals surface area contributed by atoms with E-state index in [1.165, 1.54) is 0 Å². The van der Waals surface area contributed by atoms with Gasteiger partial charge in [-0.15, -0.1) is 11.3 Å². The molecule has 21 heavy (non-hydrogen) atoms. The van der Waals surface area contributed by atoms with Crippen LogP contribution in [-0.4, -0.2) is 41.1 Å². The molecule has 5 nitrogen and oxygen atoms in total. The van der Waals surface area contributed by atoms with Crippen LogP contribution >= 0.6 is 11.3 Å². The van der Waals surface area contributed by atoms with E-state index < -0.39 is 5.54 Å². The first-order chi connectivity index (χ1) is 9.74. The van der Waals surface area contributed by atoms with Crippen LogP contribution in [0.15, 0.2) is 5.51 Å². The lowest BCUT2D eigenvalue weighted by atomic mass is 9.54. The molecule has 1 aliphatic rings. The Morgan fingerprint density at radius 2 is 2.29 bits per heavy atom. The number of amides is 1. The van der Waals surface area contributed by atoms with Gasteiger partial charge in [-0.05, 0) is 13.8 Å². The Balaban J connectivity index is 2.08. The normalized spacial score (nSPS) is 27.2. The summed E-state index contributed by atoms with van der Waals surface area (Å²) >= 11 is 1.57. The molecule has 1 saturated carbocycles. The van der Waals surface area contributed by atoms with Crippen molar-refractivity contribution in [2.24, 2.45) is 11.1 Å².